The van der Waals surface area contributed by atoms with Gasteiger partial charge in [0.25, 0.3) is 0 Å². The van der Waals surface area contributed by atoms with E-state index in [0.717, 1.165) is 6.42 Å². The second-order valence-electron chi connectivity index (χ2n) is 3.78. The van der Waals surface area contributed by atoms with E-state index >= 15 is 0 Å². The normalized spacial score (nSPS) is 50.7. The highest BCUT2D eigenvalue weighted by Gasteiger charge is 2.47. The summed E-state index contributed by atoms with van der Waals surface area (Å²) < 4.78 is 0. The van der Waals surface area contributed by atoms with E-state index in [1.807, 2.05) is 0 Å². The van der Waals surface area contributed by atoms with Crippen LogP contribution in [0, 0.1) is 23.7 Å². The van der Waals surface area contributed by atoms with E-state index in [0.29, 0.717) is 23.5 Å². The Hall–Kier alpha value is -0.850. The van der Waals surface area contributed by atoms with Crippen molar-refractivity contribution in [1.82, 2.24) is 0 Å². The number of rotatable bonds is 0. The molecule has 56 valence electrons. The lowest BCUT2D eigenvalue weighted by atomic mass is 9.90. The fourth-order valence-electron chi connectivity index (χ4n) is 2.78. The summed E-state index contributed by atoms with van der Waals surface area (Å²) in [7, 11) is 0. The number of hydrogen-bond donors (Lipinski definition) is 0. The summed E-state index contributed by atoms with van der Waals surface area (Å²) in [6.07, 6.45) is 9.60. The first-order valence-electron chi connectivity index (χ1n) is 4.25. The fourth-order valence-corrected chi connectivity index (χ4v) is 2.78. The third-order valence-corrected chi connectivity index (χ3v) is 3.28. The molecule has 3 rings (SSSR count). The lowest BCUT2D eigenvalue weighted by Gasteiger charge is -2.12. The van der Waals surface area contributed by atoms with Crippen LogP contribution in [-0.4, -0.2) is 5.78 Å². The predicted molar refractivity (Wildman–Crippen MR) is 41.9 cm³/mol. The van der Waals surface area contributed by atoms with Crippen LogP contribution in [0.25, 0.3) is 0 Å². The zero-order valence-electron chi connectivity index (χ0n) is 6.23. The maximum Gasteiger partial charge on any atom is 0.140 e. The monoisotopic (exact) mass is 146 g/mol. The van der Waals surface area contributed by atoms with Crippen LogP contribution in [0.1, 0.15) is 6.42 Å². The van der Waals surface area contributed by atoms with Crippen LogP contribution in [0.3, 0.4) is 0 Å². The lowest BCUT2D eigenvalue weighted by Crippen LogP contribution is -2.12. The molecule has 0 aromatic carbocycles. The van der Waals surface area contributed by atoms with Crippen LogP contribution in [0.15, 0.2) is 24.3 Å². The number of ketones is 1. The van der Waals surface area contributed by atoms with Gasteiger partial charge in [-0.15, -0.1) is 0 Å². The second-order valence-corrected chi connectivity index (χ2v) is 3.78. The molecule has 0 saturated heterocycles. The van der Waals surface area contributed by atoms with E-state index in [-0.39, 0.29) is 5.92 Å². The first-order chi connectivity index (χ1) is 5.36. The Morgan fingerprint density at radius 2 is 2.00 bits per heavy atom. The Morgan fingerprint density at radius 1 is 1.18 bits per heavy atom. The van der Waals surface area contributed by atoms with Crippen molar-refractivity contribution in [3.63, 3.8) is 0 Å². The van der Waals surface area contributed by atoms with Gasteiger partial charge in [0.05, 0.1) is 0 Å². The molecule has 1 saturated carbocycles. The van der Waals surface area contributed by atoms with E-state index in [9.17, 15) is 4.79 Å². The van der Waals surface area contributed by atoms with E-state index in [2.05, 4.69) is 24.3 Å². The number of hydrogen-bond acceptors (Lipinski definition) is 1. The molecule has 0 N–H and O–H groups in total. The van der Waals surface area contributed by atoms with Crippen molar-refractivity contribution >= 4 is 5.78 Å². The molecule has 0 aromatic heterocycles. The van der Waals surface area contributed by atoms with Crippen LogP contribution in [-0.2, 0) is 4.79 Å². The molecule has 0 amide bonds. The summed E-state index contributed by atoms with van der Waals surface area (Å²) in [6, 6.07) is 0. The van der Waals surface area contributed by atoms with Gasteiger partial charge < -0.3 is 0 Å². The van der Waals surface area contributed by atoms with Gasteiger partial charge in [-0.05, 0) is 17.8 Å². The van der Waals surface area contributed by atoms with Crippen molar-refractivity contribution in [2.75, 3.05) is 0 Å². The van der Waals surface area contributed by atoms with Crippen molar-refractivity contribution in [3.8, 4) is 0 Å². The van der Waals surface area contributed by atoms with Gasteiger partial charge in [0.15, 0.2) is 0 Å². The van der Waals surface area contributed by atoms with Crippen LogP contribution in [0.5, 0.6) is 0 Å². The quantitative estimate of drug-likeness (QED) is 0.474. The molecule has 1 heteroatoms. The van der Waals surface area contributed by atoms with Crippen molar-refractivity contribution in [3.05, 3.63) is 24.3 Å². The molecule has 11 heavy (non-hydrogen) atoms. The number of carbonyl (C=O) groups is 1. The van der Waals surface area contributed by atoms with E-state index in [1.54, 1.807) is 0 Å². The smallest absolute Gasteiger partial charge is 0.140 e. The zero-order valence-corrected chi connectivity index (χ0v) is 6.23. The zero-order chi connectivity index (χ0) is 7.42. The van der Waals surface area contributed by atoms with Gasteiger partial charge in [0, 0.05) is 12.3 Å². The summed E-state index contributed by atoms with van der Waals surface area (Å²) >= 11 is 0. The van der Waals surface area contributed by atoms with Gasteiger partial charge in [-0.1, -0.05) is 24.3 Å². The minimum absolute atomic E-state index is 0.278. The van der Waals surface area contributed by atoms with Gasteiger partial charge >= 0.3 is 0 Å². The molecule has 0 heterocycles. The molecular weight excluding hydrogens is 136 g/mol. The SMILES string of the molecule is O=C1CC2C=CC3C=CC1C32. The summed E-state index contributed by atoms with van der Waals surface area (Å²) in [5.41, 5.74) is 0. The molecule has 0 radical (unpaired) electrons. The van der Waals surface area contributed by atoms with Gasteiger partial charge in [-0.3, -0.25) is 4.79 Å². The highest BCUT2D eigenvalue weighted by molar-refractivity contribution is 5.87. The largest absolute Gasteiger partial charge is 0.299 e. The molecular formula is C10H10O. The van der Waals surface area contributed by atoms with E-state index < -0.39 is 0 Å². The molecule has 0 bridgehead atoms. The maximum atomic E-state index is 11.4. The summed E-state index contributed by atoms with van der Waals surface area (Å²) in [5, 5.41) is 0. The minimum atomic E-state index is 0.278. The van der Waals surface area contributed by atoms with Crippen molar-refractivity contribution < 1.29 is 4.79 Å². The molecule has 4 atom stereocenters. The molecule has 0 spiro atoms. The Balaban J connectivity index is 2.10. The van der Waals surface area contributed by atoms with Crippen LogP contribution < -0.4 is 0 Å². The average Bonchev–Trinajstić information content (AvgIpc) is 2.53. The number of Topliss-reactive ketones (excluding diaryl/α,β-unsaturated/α-hetero) is 1. The van der Waals surface area contributed by atoms with Gasteiger partial charge in [-0.25, -0.2) is 0 Å². The fraction of sp³-hybridized carbons (Fsp3) is 0.500. The Morgan fingerprint density at radius 3 is 2.91 bits per heavy atom. The Bertz CT molecular complexity index is 275. The van der Waals surface area contributed by atoms with Crippen LogP contribution >= 0.6 is 0 Å². The summed E-state index contributed by atoms with van der Waals surface area (Å²) in [5.74, 6) is 2.54. The molecule has 0 aliphatic heterocycles. The molecule has 1 fully saturated rings. The second kappa shape index (κ2) is 1.66. The molecule has 3 aliphatic rings. The number of carbonyl (C=O) groups excluding carboxylic acids is 1. The highest BCUT2D eigenvalue weighted by Crippen LogP contribution is 2.49. The Labute approximate surface area is 65.8 Å². The first-order valence-corrected chi connectivity index (χ1v) is 4.25. The number of allylic oxidation sites excluding steroid dienone is 4. The molecule has 0 aromatic rings. The van der Waals surface area contributed by atoms with Crippen molar-refractivity contribution in [2.45, 2.75) is 6.42 Å². The minimum Gasteiger partial charge on any atom is -0.299 e. The van der Waals surface area contributed by atoms with Crippen molar-refractivity contribution in [1.29, 1.82) is 0 Å². The average molecular weight is 146 g/mol. The first kappa shape index (κ1) is 5.76. The van der Waals surface area contributed by atoms with E-state index in [1.165, 1.54) is 0 Å². The molecule has 1 nitrogen and oxygen atoms in total. The third kappa shape index (κ3) is 0.550. The van der Waals surface area contributed by atoms with Gasteiger partial charge in [0.2, 0.25) is 0 Å². The van der Waals surface area contributed by atoms with Crippen LogP contribution in [0.2, 0.25) is 0 Å². The predicted octanol–water partition coefficient (Wildman–Crippen LogP) is 1.56. The van der Waals surface area contributed by atoms with Crippen LogP contribution in [0.4, 0.5) is 0 Å². The Kier molecular flexibility index (Phi) is 0.867. The molecule has 4 unspecified atom stereocenters. The van der Waals surface area contributed by atoms with Crippen molar-refractivity contribution in [2.24, 2.45) is 23.7 Å². The highest BCUT2D eigenvalue weighted by atomic mass is 16.1. The topological polar surface area (TPSA) is 17.1 Å². The maximum absolute atomic E-state index is 11.4. The third-order valence-electron chi connectivity index (χ3n) is 3.28. The molecule has 3 aliphatic carbocycles. The van der Waals surface area contributed by atoms with E-state index in [4.69, 9.17) is 0 Å². The summed E-state index contributed by atoms with van der Waals surface area (Å²) in [4.78, 5) is 11.4. The van der Waals surface area contributed by atoms with Gasteiger partial charge in [-0.2, -0.15) is 0 Å². The van der Waals surface area contributed by atoms with Gasteiger partial charge in [0.1, 0.15) is 5.78 Å². The lowest BCUT2D eigenvalue weighted by molar-refractivity contribution is -0.119. The standard InChI is InChI=1S/C10H10O/c11-9-5-7-2-1-6-3-4-8(9)10(6)7/h1-4,6-8,10H,5H2. The summed E-state index contributed by atoms with van der Waals surface area (Å²) in [6.45, 7) is 0.